The number of nitrogens with one attached hydrogen (secondary N) is 1. The summed E-state index contributed by atoms with van der Waals surface area (Å²) < 4.78 is 0. The van der Waals surface area contributed by atoms with E-state index in [-0.39, 0.29) is 27.7 Å². The molecule has 2 N–H and O–H groups in total. The van der Waals surface area contributed by atoms with Crippen LogP contribution in [0.4, 0.5) is 11.4 Å². The number of phenols is 1. The van der Waals surface area contributed by atoms with Crippen molar-refractivity contribution in [1.82, 2.24) is 0 Å². The van der Waals surface area contributed by atoms with Crippen molar-refractivity contribution >= 4 is 39.7 Å². The second-order valence-corrected chi connectivity index (χ2v) is 5.47. The van der Waals surface area contributed by atoms with E-state index in [0.717, 1.165) is 5.39 Å². The lowest BCUT2D eigenvalue weighted by atomic mass is 10.0. The fraction of sp³-hybridized carbons (Fsp3) is 0. The van der Waals surface area contributed by atoms with Crippen molar-refractivity contribution in [2.45, 2.75) is 0 Å². The molecule has 0 atom stereocenters. The molecule has 0 aliphatic carbocycles. The van der Waals surface area contributed by atoms with Gasteiger partial charge >= 0.3 is 0 Å². The number of phenolic OH excluding ortho intramolecular Hbond substituents is 1. The molecule has 3 aromatic rings. The summed E-state index contributed by atoms with van der Waals surface area (Å²) in [6.45, 7) is 0. The molecule has 0 unspecified atom stereocenters. The Bertz CT molecular complexity index is 972. The predicted octanol–water partition coefficient (Wildman–Crippen LogP) is 4.36. The van der Waals surface area contributed by atoms with Gasteiger partial charge in [-0.3, -0.25) is 14.9 Å². The number of benzene rings is 3. The molecule has 0 spiro atoms. The molecule has 0 saturated heterocycles. The molecule has 0 heterocycles. The zero-order valence-corrected chi connectivity index (χ0v) is 12.9. The summed E-state index contributed by atoms with van der Waals surface area (Å²) in [6.07, 6.45) is 0. The molecule has 7 heteroatoms. The first-order valence-corrected chi connectivity index (χ1v) is 7.31. The van der Waals surface area contributed by atoms with Crippen LogP contribution in [-0.2, 0) is 0 Å². The van der Waals surface area contributed by atoms with Crippen molar-refractivity contribution < 1.29 is 14.8 Å². The van der Waals surface area contributed by atoms with Crippen LogP contribution in [0.2, 0.25) is 5.02 Å². The zero-order valence-electron chi connectivity index (χ0n) is 12.2. The van der Waals surface area contributed by atoms with Crippen LogP contribution < -0.4 is 5.32 Å². The molecule has 0 fully saturated rings. The lowest BCUT2D eigenvalue weighted by Gasteiger charge is -2.10. The number of carbonyl (C=O) groups excluding carboxylic acids is 1. The highest BCUT2D eigenvalue weighted by Gasteiger charge is 2.17. The van der Waals surface area contributed by atoms with E-state index in [1.807, 2.05) is 12.1 Å². The summed E-state index contributed by atoms with van der Waals surface area (Å²) in [5.41, 5.74) is -0.0443. The number of hydrogen-bond donors (Lipinski definition) is 2. The lowest BCUT2D eigenvalue weighted by Crippen LogP contribution is -2.12. The van der Waals surface area contributed by atoms with E-state index >= 15 is 0 Å². The third-order valence-electron chi connectivity index (χ3n) is 3.55. The summed E-state index contributed by atoms with van der Waals surface area (Å²) in [4.78, 5) is 22.7. The first-order chi connectivity index (χ1) is 11.5. The Morgan fingerprint density at radius 3 is 2.62 bits per heavy atom. The van der Waals surface area contributed by atoms with Crippen LogP contribution in [-0.4, -0.2) is 15.9 Å². The molecule has 3 aromatic carbocycles. The lowest BCUT2D eigenvalue weighted by molar-refractivity contribution is -0.384. The first-order valence-electron chi connectivity index (χ1n) is 6.93. The van der Waals surface area contributed by atoms with E-state index in [4.69, 9.17) is 11.6 Å². The summed E-state index contributed by atoms with van der Waals surface area (Å²) in [5.74, 6) is -0.771. The Balaban J connectivity index is 1.97. The Morgan fingerprint density at radius 2 is 1.88 bits per heavy atom. The fourth-order valence-electron chi connectivity index (χ4n) is 2.35. The number of nitro benzene ring substituents is 1. The Labute approximate surface area is 141 Å². The Hall–Kier alpha value is -3.12. The molecule has 0 aliphatic heterocycles. The summed E-state index contributed by atoms with van der Waals surface area (Å²) in [7, 11) is 0. The number of non-ortho nitro benzene ring substituents is 1. The molecule has 3 rings (SSSR count). The minimum Gasteiger partial charge on any atom is -0.506 e. The van der Waals surface area contributed by atoms with E-state index in [9.17, 15) is 20.0 Å². The van der Waals surface area contributed by atoms with Gasteiger partial charge in [-0.2, -0.15) is 0 Å². The third-order valence-corrected chi connectivity index (χ3v) is 3.88. The van der Waals surface area contributed by atoms with Gasteiger partial charge in [0.1, 0.15) is 5.75 Å². The van der Waals surface area contributed by atoms with Crippen LogP contribution in [0.15, 0.2) is 54.6 Å². The zero-order chi connectivity index (χ0) is 17.3. The molecule has 24 heavy (non-hydrogen) atoms. The van der Waals surface area contributed by atoms with E-state index in [0.29, 0.717) is 5.39 Å². The van der Waals surface area contributed by atoms with Crippen molar-refractivity contribution in [3.8, 4) is 5.75 Å². The van der Waals surface area contributed by atoms with Gasteiger partial charge in [-0.05, 0) is 17.5 Å². The average molecular weight is 343 g/mol. The third kappa shape index (κ3) is 2.87. The maximum absolute atomic E-state index is 12.4. The Kier molecular flexibility index (Phi) is 4.05. The van der Waals surface area contributed by atoms with Gasteiger partial charge in [0.2, 0.25) is 0 Å². The highest BCUT2D eigenvalue weighted by Crippen LogP contribution is 2.31. The molecule has 1 amide bonds. The number of amides is 1. The predicted molar refractivity (Wildman–Crippen MR) is 91.7 cm³/mol. The number of hydrogen-bond acceptors (Lipinski definition) is 4. The SMILES string of the molecule is O=C(Nc1cc([N+](=O)[O-])ccc1Cl)c1ccc2ccccc2c1O. The van der Waals surface area contributed by atoms with Crippen LogP contribution in [0.3, 0.4) is 0 Å². The fourth-order valence-corrected chi connectivity index (χ4v) is 2.52. The summed E-state index contributed by atoms with van der Waals surface area (Å²) in [6, 6.07) is 14.0. The number of nitrogens with zero attached hydrogens (tertiary/aromatic N) is 1. The number of rotatable bonds is 3. The smallest absolute Gasteiger partial charge is 0.271 e. The summed E-state index contributed by atoms with van der Waals surface area (Å²) >= 11 is 5.97. The van der Waals surface area contributed by atoms with E-state index in [2.05, 4.69) is 5.32 Å². The molecule has 0 bridgehead atoms. The standard InChI is InChI=1S/C17H11ClN2O4/c18-14-8-6-11(20(23)24)9-15(14)19-17(22)13-7-5-10-3-1-2-4-12(10)16(13)21/h1-9,21H,(H,19,22). The van der Waals surface area contributed by atoms with Gasteiger partial charge in [-0.1, -0.05) is 41.9 Å². The van der Waals surface area contributed by atoms with Gasteiger partial charge < -0.3 is 10.4 Å². The summed E-state index contributed by atoms with van der Waals surface area (Å²) in [5, 5.41) is 25.1. The highest BCUT2D eigenvalue weighted by atomic mass is 35.5. The topological polar surface area (TPSA) is 92.5 Å². The van der Waals surface area contributed by atoms with Gasteiger partial charge in [0.15, 0.2) is 0 Å². The minimum atomic E-state index is -0.611. The molecule has 6 nitrogen and oxygen atoms in total. The van der Waals surface area contributed by atoms with Crippen LogP contribution >= 0.6 is 11.6 Å². The second kappa shape index (κ2) is 6.17. The number of fused-ring (bicyclic) bond motifs is 1. The normalized spacial score (nSPS) is 10.5. The maximum atomic E-state index is 12.4. The number of aromatic hydroxyl groups is 1. The van der Waals surface area contributed by atoms with Crippen molar-refractivity contribution in [2.24, 2.45) is 0 Å². The van der Waals surface area contributed by atoms with E-state index in [1.54, 1.807) is 18.2 Å². The van der Waals surface area contributed by atoms with Crippen molar-refractivity contribution in [1.29, 1.82) is 0 Å². The van der Waals surface area contributed by atoms with E-state index in [1.165, 1.54) is 24.3 Å². The number of halogens is 1. The van der Waals surface area contributed by atoms with Gasteiger partial charge in [0.05, 0.1) is 21.2 Å². The number of carbonyl (C=O) groups is 1. The van der Waals surface area contributed by atoms with Crippen LogP contribution in [0, 0.1) is 10.1 Å². The number of anilines is 1. The molecule has 0 aromatic heterocycles. The van der Waals surface area contributed by atoms with E-state index < -0.39 is 10.8 Å². The van der Waals surface area contributed by atoms with Gasteiger partial charge in [0.25, 0.3) is 11.6 Å². The van der Waals surface area contributed by atoms with Crippen LogP contribution in [0.5, 0.6) is 5.75 Å². The Morgan fingerprint density at radius 1 is 1.12 bits per heavy atom. The second-order valence-electron chi connectivity index (χ2n) is 5.06. The van der Waals surface area contributed by atoms with Gasteiger partial charge in [-0.15, -0.1) is 0 Å². The van der Waals surface area contributed by atoms with Crippen molar-refractivity contribution in [2.75, 3.05) is 5.32 Å². The molecular formula is C17H11ClN2O4. The molecular weight excluding hydrogens is 332 g/mol. The van der Waals surface area contributed by atoms with Crippen LogP contribution in [0.1, 0.15) is 10.4 Å². The van der Waals surface area contributed by atoms with Crippen molar-refractivity contribution in [3.63, 3.8) is 0 Å². The van der Waals surface area contributed by atoms with Gasteiger partial charge in [-0.25, -0.2) is 0 Å². The minimum absolute atomic E-state index is 0.0521. The average Bonchev–Trinajstić information content (AvgIpc) is 2.57. The first kappa shape index (κ1) is 15.8. The molecule has 0 aliphatic rings. The van der Waals surface area contributed by atoms with Crippen LogP contribution in [0.25, 0.3) is 10.8 Å². The van der Waals surface area contributed by atoms with Gasteiger partial charge in [0, 0.05) is 17.5 Å². The quantitative estimate of drug-likeness (QED) is 0.546. The largest absolute Gasteiger partial charge is 0.506 e. The monoisotopic (exact) mass is 342 g/mol. The molecule has 0 saturated carbocycles. The highest BCUT2D eigenvalue weighted by molar-refractivity contribution is 6.34. The molecule has 120 valence electrons. The maximum Gasteiger partial charge on any atom is 0.271 e. The molecule has 0 radical (unpaired) electrons. The van der Waals surface area contributed by atoms with Crippen molar-refractivity contribution in [3.05, 3.63) is 75.3 Å². The number of nitro groups is 1.